The van der Waals surface area contributed by atoms with Crippen LogP contribution in [0, 0.1) is 0 Å². The second kappa shape index (κ2) is 5.09. The van der Waals surface area contributed by atoms with E-state index in [4.69, 9.17) is 16.3 Å². The van der Waals surface area contributed by atoms with E-state index >= 15 is 0 Å². The highest BCUT2D eigenvalue weighted by molar-refractivity contribution is 6.29. The summed E-state index contributed by atoms with van der Waals surface area (Å²) in [4.78, 5) is 16.6. The molecule has 20 heavy (non-hydrogen) atoms. The van der Waals surface area contributed by atoms with Crippen molar-refractivity contribution in [2.24, 2.45) is 0 Å². The Morgan fingerprint density at radius 3 is 2.55 bits per heavy atom. The van der Waals surface area contributed by atoms with Crippen molar-refractivity contribution >= 4 is 28.7 Å². The predicted molar refractivity (Wildman–Crippen MR) is 80.5 cm³/mol. The number of hydrogen-bond acceptors (Lipinski definition) is 3. The van der Waals surface area contributed by atoms with Crippen molar-refractivity contribution in [1.82, 2.24) is 9.55 Å². The molecule has 2 aromatic rings. The van der Waals surface area contributed by atoms with Crippen molar-refractivity contribution < 1.29 is 9.53 Å². The van der Waals surface area contributed by atoms with Crippen LogP contribution in [-0.2, 0) is 4.74 Å². The van der Waals surface area contributed by atoms with Crippen LogP contribution in [0.15, 0.2) is 18.3 Å². The number of nitrogens with zero attached hydrogens (tertiary/aromatic N) is 2. The summed E-state index contributed by atoms with van der Waals surface area (Å²) in [5.41, 5.74) is 1.91. The molecule has 108 valence electrons. The summed E-state index contributed by atoms with van der Waals surface area (Å²) < 4.78 is 6.92. The summed E-state index contributed by atoms with van der Waals surface area (Å²) in [6.07, 6.45) is 1.38. The van der Waals surface area contributed by atoms with Gasteiger partial charge in [-0.2, -0.15) is 0 Å². The van der Waals surface area contributed by atoms with Crippen LogP contribution in [0.2, 0.25) is 5.15 Å². The third-order valence-electron chi connectivity index (χ3n) is 2.85. The lowest BCUT2D eigenvalue weighted by atomic mass is 10.1. The van der Waals surface area contributed by atoms with Gasteiger partial charge in [-0.25, -0.2) is 9.78 Å². The maximum Gasteiger partial charge on any atom is 0.419 e. The number of halogens is 1. The predicted octanol–water partition coefficient (Wildman–Crippen LogP) is 4.60. The molecule has 0 saturated carbocycles. The molecule has 0 amide bonds. The average Bonchev–Trinajstić information content (AvgIpc) is 2.65. The van der Waals surface area contributed by atoms with E-state index < -0.39 is 11.7 Å². The number of aromatic nitrogens is 2. The zero-order chi connectivity index (χ0) is 15.1. The van der Waals surface area contributed by atoms with Crippen LogP contribution in [0.3, 0.4) is 0 Å². The maximum atomic E-state index is 12.3. The second-order valence-electron chi connectivity index (χ2n) is 6.09. The van der Waals surface area contributed by atoms with E-state index in [1.807, 2.05) is 20.8 Å². The van der Waals surface area contributed by atoms with Crippen LogP contribution in [0.5, 0.6) is 0 Å². The van der Waals surface area contributed by atoms with Gasteiger partial charge in [0.15, 0.2) is 0 Å². The highest BCUT2D eigenvalue weighted by Crippen LogP contribution is 2.28. The standard InChI is InChI=1S/C15H19ClN2O2/c1-9(2)10-8-18(14(19)20-15(3,4)5)11-6-7-12(16)17-13(10)11/h6-9H,1-5H3. The summed E-state index contributed by atoms with van der Waals surface area (Å²) in [7, 11) is 0. The van der Waals surface area contributed by atoms with E-state index in [0.29, 0.717) is 10.7 Å². The zero-order valence-electron chi connectivity index (χ0n) is 12.4. The Bertz CT molecular complexity index is 654. The van der Waals surface area contributed by atoms with Crippen molar-refractivity contribution in [3.63, 3.8) is 0 Å². The van der Waals surface area contributed by atoms with Crippen LogP contribution in [0.1, 0.15) is 46.1 Å². The Labute approximate surface area is 123 Å². The Morgan fingerprint density at radius 2 is 2.00 bits per heavy atom. The molecule has 0 radical (unpaired) electrons. The number of fused-ring (bicyclic) bond motifs is 1. The quantitative estimate of drug-likeness (QED) is 0.722. The molecule has 4 nitrogen and oxygen atoms in total. The molecule has 2 heterocycles. The van der Waals surface area contributed by atoms with Crippen molar-refractivity contribution in [2.45, 2.75) is 46.1 Å². The molecule has 2 aromatic heterocycles. The van der Waals surface area contributed by atoms with Gasteiger partial charge in [0.05, 0.1) is 11.0 Å². The molecule has 0 unspecified atom stereocenters. The first-order valence-electron chi connectivity index (χ1n) is 6.60. The summed E-state index contributed by atoms with van der Waals surface area (Å²) in [6.45, 7) is 9.63. The Morgan fingerprint density at radius 1 is 1.35 bits per heavy atom. The lowest BCUT2D eigenvalue weighted by molar-refractivity contribution is 0.0544. The molecule has 5 heteroatoms. The molecule has 2 rings (SSSR count). The summed E-state index contributed by atoms with van der Waals surface area (Å²) in [6, 6.07) is 3.47. The van der Waals surface area contributed by atoms with Gasteiger partial charge >= 0.3 is 6.09 Å². The van der Waals surface area contributed by atoms with Crippen LogP contribution in [-0.4, -0.2) is 21.2 Å². The Hall–Kier alpha value is -1.55. The van der Waals surface area contributed by atoms with Gasteiger partial charge in [-0.3, -0.25) is 4.57 Å². The molecule has 0 spiro atoms. The van der Waals surface area contributed by atoms with Gasteiger partial charge in [0.1, 0.15) is 10.8 Å². The van der Waals surface area contributed by atoms with E-state index in [1.54, 1.807) is 18.3 Å². The van der Waals surface area contributed by atoms with Crippen LogP contribution in [0.4, 0.5) is 4.79 Å². The Kier molecular flexibility index (Phi) is 3.78. The minimum absolute atomic E-state index is 0.243. The molecule has 0 aliphatic carbocycles. The third kappa shape index (κ3) is 2.96. The first-order valence-corrected chi connectivity index (χ1v) is 6.97. The van der Waals surface area contributed by atoms with Gasteiger partial charge in [-0.05, 0) is 44.4 Å². The van der Waals surface area contributed by atoms with E-state index in [0.717, 1.165) is 11.1 Å². The van der Waals surface area contributed by atoms with Crippen LogP contribution < -0.4 is 0 Å². The highest BCUT2D eigenvalue weighted by Gasteiger charge is 2.22. The fourth-order valence-corrected chi connectivity index (χ4v) is 2.14. The van der Waals surface area contributed by atoms with Gasteiger partial charge in [-0.1, -0.05) is 25.4 Å². The highest BCUT2D eigenvalue weighted by atomic mass is 35.5. The molecule has 0 atom stereocenters. The molecule has 0 aliphatic rings. The molecule has 0 saturated heterocycles. The molecule has 0 aromatic carbocycles. The molecule has 0 N–H and O–H groups in total. The van der Waals surface area contributed by atoms with Crippen molar-refractivity contribution in [3.05, 3.63) is 29.0 Å². The molecular weight excluding hydrogens is 276 g/mol. The average molecular weight is 295 g/mol. The smallest absolute Gasteiger partial charge is 0.419 e. The number of hydrogen-bond donors (Lipinski definition) is 0. The summed E-state index contributed by atoms with van der Waals surface area (Å²) >= 11 is 5.95. The van der Waals surface area contributed by atoms with Crippen molar-refractivity contribution in [3.8, 4) is 0 Å². The van der Waals surface area contributed by atoms with Gasteiger partial charge in [0.25, 0.3) is 0 Å². The SMILES string of the molecule is CC(C)c1cn(C(=O)OC(C)(C)C)c2ccc(Cl)nc12. The van der Waals surface area contributed by atoms with Gasteiger partial charge in [0.2, 0.25) is 0 Å². The van der Waals surface area contributed by atoms with Crippen molar-refractivity contribution in [2.75, 3.05) is 0 Å². The molecule has 0 bridgehead atoms. The summed E-state index contributed by atoms with van der Waals surface area (Å²) in [5.74, 6) is 0.243. The van der Waals surface area contributed by atoms with E-state index in [-0.39, 0.29) is 5.92 Å². The van der Waals surface area contributed by atoms with E-state index in [2.05, 4.69) is 18.8 Å². The largest absolute Gasteiger partial charge is 0.443 e. The fourth-order valence-electron chi connectivity index (χ4n) is 1.99. The minimum atomic E-state index is -0.536. The number of rotatable bonds is 1. The molecule has 0 fully saturated rings. The second-order valence-corrected chi connectivity index (χ2v) is 6.48. The number of carbonyl (C=O) groups excluding carboxylic acids is 1. The van der Waals surface area contributed by atoms with Gasteiger partial charge in [-0.15, -0.1) is 0 Å². The van der Waals surface area contributed by atoms with Gasteiger partial charge in [0, 0.05) is 6.20 Å². The maximum absolute atomic E-state index is 12.3. The molecule has 0 aliphatic heterocycles. The number of pyridine rings is 1. The van der Waals surface area contributed by atoms with Crippen LogP contribution >= 0.6 is 11.6 Å². The Balaban J connectivity index is 2.57. The fraction of sp³-hybridized carbons (Fsp3) is 0.467. The van der Waals surface area contributed by atoms with Crippen LogP contribution in [0.25, 0.3) is 11.0 Å². The summed E-state index contributed by atoms with van der Waals surface area (Å²) in [5, 5.41) is 0.418. The monoisotopic (exact) mass is 294 g/mol. The topological polar surface area (TPSA) is 44.1 Å². The van der Waals surface area contributed by atoms with Gasteiger partial charge < -0.3 is 4.74 Å². The lowest BCUT2D eigenvalue weighted by Crippen LogP contribution is -2.26. The first-order chi connectivity index (χ1) is 9.19. The first kappa shape index (κ1) is 14.9. The minimum Gasteiger partial charge on any atom is -0.443 e. The van der Waals surface area contributed by atoms with E-state index in [1.165, 1.54) is 4.57 Å². The number of ether oxygens (including phenoxy) is 1. The number of carbonyl (C=O) groups is 1. The molecular formula is C15H19ClN2O2. The van der Waals surface area contributed by atoms with Crippen molar-refractivity contribution in [1.29, 1.82) is 0 Å². The van der Waals surface area contributed by atoms with E-state index in [9.17, 15) is 4.79 Å². The lowest BCUT2D eigenvalue weighted by Gasteiger charge is -2.19. The normalized spacial score (nSPS) is 12.2. The third-order valence-corrected chi connectivity index (χ3v) is 3.06. The zero-order valence-corrected chi connectivity index (χ0v) is 13.2.